The van der Waals surface area contributed by atoms with Crippen molar-refractivity contribution in [2.45, 2.75) is 32.1 Å². The van der Waals surface area contributed by atoms with Crippen molar-refractivity contribution >= 4 is 27.5 Å². The third kappa shape index (κ3) is 2.64. The lowest BCUT2D eigenvalue weighted by atomic mass is 9.90. The average molecular weight is 282 g/mol. The van der Waals surface area contributed by atoms with Gasteiger partial charge in [0.15, 0.2) is 0 Å². The summed E-state index contributed by atoms with van der Waals surface area (Å²) in [4.78, 5) is 11.6. The molecule has 86 valence electrons. The normalized spacial score (nSPS) is 14.3. The van der Waals surface area contributed by atoms with E-state index in [1.807, 2.05) is 12.1 Å². The summed E-state index contributed by atoms with van der Waals surface area (Å²) in [7, 11) is 0. The van der Waals surface area contributed by atoms with Crippen LogP contribution >= 0.6 is 15.9 Å². The van der Waals surface area contributed by atoms with Crippen molar-refractivity contribution in [3.63, 3.8) is 0 Å². The number of hydrogen-bond donors (Lipinski definition) is 1. The molecule has 0 radical (unpaired) electrons. The van der Waals surface area contributed by atoms with Gasteiger partial charge in [0.05, 0.1) is 0 Å². The topological polar surface area (TPSA) is 29.1 Å². The molecule has 16 heavy (non-hydrogen) atoms. The number of halogens is 1. The zero-order valence-corrected chi connectivity index (χ0v) is 10.8. The highest BCUT2D eigenvalue weighted by Gasteiger charge is 2.13. The maximum absolute atomic E-state index is 11.6. The molecule has 1 aliphatic rings. The molecule has 0 saturated carbocycles. The van der Waals surface area contributed by atoms with Crippen molar-refractivity contribution in [2.24, 2.45) is 0 Å². The van der Waals surface area contributed by atoms with Gasteiger partial charge in [0.25, 0.3) is 0 Å². The lowest BCUT2D eigenvalue weighted by Crippen LogP contribution is -2.15. The number of rotatable bonds is 3. The minimum atomic E-state index is 0.0934. The van der Waals surface area contributed by atoms with Gasteiger partial charge in [-0.3, -0.25) is 4.79 Å². The lowest BCUT2D eigenvalue weighted by molar-refractivity contribution is -0.115. The number of alkyl halides is 1. The predicted octanol–water partition coefficient (Wildman–Crippen LogP) is 3.29. The van der Waals surface area contributed by atoms with E-state index in [0.29, 0.717) is 11.8 Å². The third-order valence-electron chi connectivity index (χ3n) is 2.99. The highest BCUT2D eigenvalue weighted by Crippen LogP contribution is 2.27. The smallest absolute Gasteiger partial charge is 0.225 e. The van der Waals surface area contributed by atoms with Crippen molar-refractivity contribution in [3.05, 3.63) is 29.3 Å². The molecular weight excluding hydrogens is 266 g/mol. The Morgan fingerprint density at radius 2 is 2.12 bits per heavy atom. The zero-order chi connectivity index (χ0) is 11.4. The van der Waals surface area contributed by atoms with Gasteiger partial charge in [-0.05, 0) is 42.9 Å². The Bertz CT molecular complexity index is 390. The predicted molar refractivity (Wildman–Crippen MR) is 70.1 cm³/mol. The number of benzene rings is 1. The first-order valence-electron chi connectivity index (χ1n) is 5.78. The molecule has 0 spiro atoms. The van der Waals surface area contributed by atoms with Crippen LogP contribution < -0.4 is 5.32 Å². The van der Waals surface area contributed by atoms with E-state index in [0.717, 1.165) is 18.5 Å². The largest absolute Gasteiger partial charge is 0.326 e. The molecule has 0 unspecified atom stereocenters. The molecule has 0 heterocycles. The highest BCUT2D eigenvalue weighted by atomic mass is 79.9. The Morgan fingerprint density at radius 3 is 2.94 bits per heavy atom. The van der Waals surface area contributed by atoms with E-state index < -0.39 is 0 Å². The van der Waals surface area contributed by atoms with E-state index in [9.17, 15) is 4.79 Å². The fourth-order valence-electron chi connectivity index (χ4n) is 2.20. The number of anilines is 1. The Labute approximate surface area is 105 Å². The Morgan fingerprint density at radius 1 is 1.31 bits per heavy atom. The monoisotopic (exact) mass is 281 g/mol. The molecule has 1 amide bonds. The van der Waals surface area contributed by atoms with Gasteiger partial charge >= 0.3 is 0 Å². The quantitative estimate of drug-likeness (QED) is 0.847. The van der Waals surface area contributed by atoms with Crippen molar-refractivity contribution < 1.29 is 4.79 Å². The molecule has 2 nitrogen and oxygen atoms in total. The van der Waals surface area contributed by atoms with Crippen LogP contribution in [-0.4, -0.2) is 11.2 Å². The van der Waals surface area contributed by atoms with Gasteiger partial charge in [-0.25, -0.2) is 0 Å². The van der Waals surface area contributed by atoms with Gasteiger partial charge in [0.1, 0.15) is 0 Å². The van der Waals surface area contributed by atoms with Crippen LogP contribution in [0.15, 0.2) is 18.2 Å². The Balaban J connectivity index is 2.17. The first-order chi connectivity index (χ1) is 7.81. The number of carbonyl (C=O) groups is 1. The highest BCUT2D eigenvalue weighted by molar-refractivity contribution is 9.09. The van der Waals surface area contributed by atoms with E-state index in [-0.39, 0.29) is 5.91 Å². The fraction of sp³-hybridized carbons (Fsp3) is 0.462. The van der Waals surface area contributed by atoms with Gasteiger partial charge in [-0.1, -0.05) is 28.1 Å². The van der Waals surface area contributed by atoms with Crippen LogP contribution in [0.5, 0.6) is 0 Å². The van der Waals surface area contributed by atoms with E-state index in [1.165, 1.54) is 24.0 Å². The summed E-state index contributed by atoms with van der Waals surface area (Å²) < 4.78 is 0. The second-order valence-corrected chi connectivity index (χ2v) is 4.93. The SMILES string of the molecule is O=C(CCBr)Nc1cccc2c1CCCC2. The average Bonchev–Trinajstić information content (AvgIpc) is 2.30. The Kier molecular flexibility index (Phi) is 3.99. The van der Waals surface area contributed by atoms with Crippen LogP contribution in [0.2, 0.25) is 0 Å². The standard InChI is InChI=1S/C13H16BrNO/c14-9-8-13(16)15-12-7-3-5-10-4-1-2-6-11(10)12/h3,5,7H,1-2,4,6,8-9H2,(H,15,16). The zero-order valence-electron chi connectivity index (χ0n) is 9.26. The molecule has 0 fully saturated rings. The van der Waals surface area contributed by atoms with Crippen molar-refractivity contribution in [3.8, 4) is 0 Å². The number of aryl methyl sites for hydroxylation is 1. The molecule has 0 aromatic heterocycles. The number of fused-ring (bicyclic) bond motifs is 1. The second kappa shape index (κ2) is 5.48. The summed E-state index contributed by atoms with van der Waals surface area (Å²) in [6.07, 6.45) is 5.28. The first kappa shape index (κ1) is 11.6. The van der Waals surface area contributed by atoms with E-state index >= 15 is 0 Å². The minimum absolute atomic E-state index is 0.0934. The lowest BCUT2D eigenvalue weighted by Gasteiger charge is -2.19. The minimum Gasteiger partial charge on any atom is -0.326 e. The van der Waals surface area contributed by atoms with Gasteiger partial charge < -0.3 is 5.32 Å². The molecule has 1 aliphatic carbocycles. The summed E-state index contributed by atoms with van der Waals surface area (Å²) in [5.41, 5.74) is 3.77. The number of nitrogens with one attached hydrogen (secondary N) is 1. The van der Waals surface area contributed by atoms with Gasteiger partial charge in [-0.2, -0.15) is 0 Å². The molecule has 0 atom stereocenters. The Hall–Kier alpha value is -0.830. The van der Waals surface area contributed by atoms with Gasteiger partial charge in [0.2, 0.25) is 5.91 Å². The van der Waals surface area contributed by atoms with E-state index in [1.54, 1.807) is 0 Å². The summed E-state index contributed by atoms with van der Waals surface area (Å²) >= 11 is 3.28. The molecular formula is C13H16BrNO. The van der Waals surface area contributed by atoms with Gasteiger partial charge in [-0.15, -0.1) is 0 Å². The van der Waals surface area contributed by atoms with Crippen LogP contribution in [0.1, 0.15) is 30.4 Å². The molecule has 1 N–H and O–H groups in total. The van der Waals surface area contributed by atoms with Crippen molar-refractivity contribution in [1.82, 2.24) is 0 Å². The van der Waals surface area contributed by atoms with Crippen molar-refractivity contribution in [2.75, 3.05) is 10.6 Å². The fourth-order valence-corrected chi connectivity index (χ4v) is 2.56. The van der Waals surface area contributed by atoms with E-state index in [2.05, 4.69) is 27.3 Å². The number of carbonyl (C=O) groups excluding carboxylic acids is 1. The van der Waals surface area contributed by atoms with E-state index in [4.69, 9.17) is 0 Å². The van der Waals surface area contributed by atoms with Gasteiger partial charge in [0, 0.05) is 17.4 Å². The van der Waals surface area contributed by atoms with Crippen LogP contribution in [0.3, 0.4) is 0 Å². The molecule has 0 aliphatic heterocycles. The summed E-state index contributed by atoms with van der Waals surface area (Å²) in [6.45, 7) is 0. The first-order valence-corrected chi connectivity index (χ1v) is 6.90. The third-order valence-corrected chi connectivity index (χ3v) is 3.39. The molecule has 3 heteroatoms. The van der Waals surface area contributed by atoms with Crippen LogP contribution in [0, 0.1) is 0 Å². The van der Waals surface area contributed by atoms with Crippen LogP contribution in [0.4, 0.5) is 5.69 Å². The maximum Gasteiger partial charge on any atom is 0.225 e. The van der Waals surface area contributed by atoms with Crippen LogP contribution in [-0.2, 0) is 17.6 Å². The maximum atomic E-state index is 11.6. The summed E-state index contributed by atoms with van der Waals surface area (Å²) in [5.74, 6) is 0.0934. The molecule has 0 bridgehead atoms. The van der Waals surface area contributed by atoms with Crippen LogP contribution in [0.25, 0.3) is 0 Å². The molecule has 1 aromatic carbocycles. The van der Waals surface area contributed by atoms with Crippen molar-refractivity contribution in [1.29, 1.82) is 0 Å². The second-order valence-electron chi connectivity index (χ2n) is 4.14. The molecule has 0 saturated heterocycles. The summed E-state index contributed by atoms with van der Waals surface area (Å²) in [6, 6.07) is 6.22. The number of hydrogen-bond acceptors (Lipinski definition) is 1. The molecule has 1 aromatic rings. The molecule has 2 rings (SSSR count). The number of amides is 1. The summed E-state index contributed by atoms with van der Waals surface area (Å²) in [5, 5.41) is 3.72.